The van der Waals surface area contributed by atoms with Crippen molar-refractivity contribution in [3.63, 3.8) is 0 Å². The highest BCUT2D eigenvalue weighted by Crippen LogP contribution is 2.33. The fourth-order valence-electron chi connectivity index (χ4n) is 3.91. The highest BCUT2D eigenvalue weighted by Gasteiger charge is 2.16. The van der Waals surface area contributed by atoms with E-state index in [2.05, 4.69) is 22.4 Å². The summed E-state index contributed by atoms with van der Waals surface area (Å²) in [5.74, 6) is -0.271. The number of benzene rings is 2. The third kappa shape index (κ3) is 4.48. The third-order valence-electron chi connectivity index (χ3n) is 5.49. The van der Waals surface area contributed by atoms with E-state index in [4.69, 9.17) is 11.6 Å². The SMILES string of the molecule is O=C(Nc1ccc(C2CCCCC2)cc1)c1ccc(-c2ncccc2Cl)c(F)c1. The van der Waals surface area contributed by atoms with Crippen molar-refractivity contribution in [2.75, 3.05) is 5.32 Å². The number of nitrogens with zero attached hydrogens (tertiary/aromatic N) is 1. The number of rotatable bonds is 4. The van der Waals surface area contributed by atoms with Crippen LogP contribution in [0.25, 0.3) is 11.3 Å². The molecule has 1 heterocycles. The van der Waals surface area contributed by atoms with Gasteiger partial charge in [-0.25, -0.2) is 4.39 Å². The van der Waals surface area contributed by atoms with Gasteiger partial charge in [-0.1, -0.05) is 43.0 Å². The van der Waals surface area contributed by atoms with Crippen molar-refractivity contribution in [1.29, 1.82) is 0 Å². The van der Waals surface area contributed by atoms with Crippen LogP contribution < -0.4 is 5.32 Å². The van der Waals surface area contributed by atoms with E-state index < -0.39 is 5.82 Å². The number of carbonyl (C=O) groups excluding carboxylic acids is 1. The zero-order valence-electron chi connectivity index (χ0n) is 16.0. The zero-order chi connectivity index (χ0) is 20.2. The molecule has 1 N–H and O–H groups in total. The molecular weight excluding hydrogens is 387 g/mol. The van der Waals surface area contributed by atoms with Crippen LogP contribution in [0.3, 0.4) is 0 Å². The molecule has 29 heavy (non-hydrogen) atoms. The second-order valence-corrected chi connectivity index (χ2v) is 7.85. The smallest absolute Gasteiger partial charge is 0.255 e. The predicted octanol–water partition coefficient (Wildman–Crippen LogP) is 6.84. The van der Waals surface area contributed by atoms with Crippen molar-refractivity contribution < 1.29 is 9.18 Å². The monoisotopic (exact) mass is 408 g/mol. The van der Waals surface area contributed by atoms with E-state index in [9.17, 15) is 9.18 Å². The lowest BCUT2D eigenvalue weighted by Gasteiger charge is -2.22. The molecule has 4 rings (SSSR count). The van der Waals surface area contributed by atoms with Crippen LogP contribution in [0.2, 0.25) is 5.02 Å². The highest BCUT2D eigenvalue weighted by atomic mass is 35.5. The average molecular weight is 409 g/mol. The van der Waals surface area contributed by atoms with Crippen LogP contribution in [0, 0.1) is 5.82 Å². The van der Waals surface area contributed by atoms with Gasteiger partial charge in [0.1, 0.15) is 5.82 Å². The van der Waals surface area contributed by atoms with Gasteiger partial charge in [0.25, 0.3) is 5.91 Å². The summed E-state index contributed by atoms with van der Waals surface area (Å²) < 4.78 is 14.6. The second-order valence-electron chi connectivity index (χ2n) is 7.44. The van der Waals surface area contributed by atoms with Crippen molar-refractivity contribution in [2.45, 2.75) is 38.0 Å². The van der Waals surface area contributed by atoms with Crippen molar-refractivity contribution in [1.82, 2.24) is 4.98 Å². The maximum absolute atomic E-state index is 14.6. The van der Waals surface area contributed by atoms with Gasteiger partial charge in [-0.3, -0.25) is 9.78 Å². The lowest BCUT2D eigenvalue weighted by atomic mass is 9.84. The Morgan fingerprint density at radius 3 is 2.48 bits per heavy atom. The molecule has 1 fully saturated rings. The van der Waals surface area contributed by atoms with Gasteiger partial charge in [0.2, 0.25) is 0 Å². The maximum Gasteiger partial charge on any atom is 0.255 e. The van der Waals surface area contributed by atoms with Crippen LogP contribution in [0.1, 0.15) is 53.9 Å². The van der Waals surface area contributed by atoms with Crippen molar-refractivity contribution in [3.05, 3.63) is 82.8 Å². The van der Waals surface area contributed by atoms with E-state index in [1.807, 2.05) is 12.1 Å². The molecule has 1 aromatic heterocycles. The number of hydrogen-bond acceptors (Lipinski definition) is 2. The number of nitrogens with one attached hydrogen (secondary N) is 1. The number of aromatic nitrogens is 1. The fourth-order valence-corrected chi connectivity index (χ4v) is 4.13. The molecule has 1 aliphatic rings. The second kappa shape index (κ2) is 8.75. The zero-order valence-corrected chi connectivity index (χ0v) is 16.8. The van der Waals surface area contributed by atoms with Gasteiger partial charge in [-0.15, -0.1) is 0 Å². The first-order valence-electron chi connectivity index (χ1n) is 9.93. The summed E-state index contributed by atoms with van der Waals surface area (Å²) in [6.07, 6.45) is 7.92. The Kier molecular flexibility index (Phi) is 5.91. The Morgan fingerprint density at radius 2 is 1.79 bits per heavy atom. The maximum atomic E-state index is 14.6. The van der Waals surface area contributed by atoms with Gasteiger partial charge in [0, 0.05) is 23.0 Å². The van der Waals surface area contributed by atoms with E-state index in [-0.39, 0.29) is 17.0 Å². The number of amides is 1. The molecule has 0 saturated heterocycles. The Morgan fingerprint density at radius 1 is 1.03 bits per heavy atom. The first-order valence-corrected chi connectivity index (χ1v) is 10.3. The van der Waals surface area contributed by atoms with E-state index in [0.29, 0.717) is 22.3 Å². The number of pyridine rings is 1. The molecule has 2 aromatic carbocycles. The Hall–Kier alpha value is -2.72. The van der Waals surface area contributed by atoms with Crippen LogP contribution in [0.5, 0.6) is 0 Å². The van der Waals surface area contributed by atoms with Crippen LogP contribution in [0.15, 0.2) is 60.8 Å². The first-order chi connectivity index (χ1) is 14.1. The number of hydrogen-bond donors (Lipinski definition) is 1. The minimum atomic E-state index is -0.536. The summed E-state index contributed by atoms with van der Waals surface area (Å²) in [6, 6.07) is 15.7. The quantitative estimate of drug-likeness (QED) is 0.513. The minimum Gasteiger partial charge on any atom is -0.322 e. The topological polar surface area (TPSA) is 42.0 Å². The standard InChI is InChI=1S/C24H22ClFN2O/c25-21-7-4-14-27-23(21)20-13-10-18(15-22(20)26)24(29)28-19-11-8-17(9-12-19)16-5-2-1-3-6-16/h4,7-16H,1-3,5-6H2,(H,28,29). The molecule has 148 valence electrons. The molecule has 0 radical (unpaired) electrons. The van der Waals surface area contributed by atoms with Crippen molar-refractivity contribution in [3.8, 4) is 11.3 Å². The molecule has 5 heteroatoms. The molecule has 3 aromatic rings. The lowest BCUT2D eigenvalue weighted by molar-refractivity contribution is 0.102. The fraction of sp³-hybridized carbons (Fsp3) is 0.250. The highest BCUT2D eigenvalue weighted by molar-refractivity contribution is 6.33. The molecule has 3 nitrogen and oxygen atoms in total. The van der Waals surface area contributed by atoms with Gasteiger partial charge in [0.05, 0.1) is 10.7 Å². The number of carbonyl (C=O) groups is 1. The lowest BCUT2D eigenvalue weighted by Crippen LogP contribution is -2.12. The molecule has 0 atom stereocenters. The van der Waals surface area contributed by atoms with E-state index in [0.717, 1.165) is 0 Å². The summed E-state index contributed by atoms with van der Waals surface area (Å²) in [5, 5.41) is 3.20. The van der Waals surface area contributed by atoms with Gasteiger partial charge < -0.3 is 5.32 Å². The van der Waals surface area contributed by atoms with Crippen LogP contribution in [0.4, 0.5) is 10.1 Å². The van der Waals surface area contributed by atoms with E-state index >= 15 is 0 Å². The number of anilines is 1. The Bertz CT molecular complexity index is 1010. The predicted molar refractivity (Wildman–Crippen MR) is 115 cm³/mol. The van der Waals surface area contributed by atoms with Gasteiger partial charge in [-0.2, -0.15) is 0 Å². The van der Waals surface area contributed by atoms with E-state index in [1.54, 1.807) is 24.4 Å². The molecule has 0 spiro atoms. The van der Waals surface area contributed by atoms with Crippen LogP contribution in [-0.4, -0.2) is 10.9 Å². The van der Waals surface area contributed by atoms with Gasteiger partial charge >= 0.3 is 0 Å². The van der Waals surface area contributed by atoms with Crippen LogP contribution >= 0.6 is 11.6 Å². The molecule has 0 unspecified atom stereocenters. The largest absolute Gasteiger partial charge is 0.322 e. The summed E-state index contributed by atoms with van der Waals surface area (Å²) in [4.78, 5) is 16.7. The first kappa shape index (κ1) is 19.6. The molecular formula is C24H22ClFN2O. The average Bonchev–Trinajstić information content (AvgIpc) is 2.75. The summed E-state index contributed by atoms with van der Waals surface area (Å²) in [5.41, 5.74) is 2.90. The molecule has 1 saturated carbocycles. The Balaban J connectivity index is 1.47. The minimum absolute atomic E-state index is 0.245. The van der Waals surface area contributed by atoms with Crippen molar-refractivity contribution >= 4 is 23.2 Å². The van der Waals surface area contributed by atoms with Gasteiger partial charge in [-0.05, 0) is 66.8 Å². The van der Waals surface area contributed by atoms with E-state index in [1.165, 1.54) is 49.8 Å². The van der Waals surface area contributed by atoms with Crippen molar-refractivity contribution in [2.24, 2.45) is 0 Å². The molecule has 0 bridgehead atoms. The summed E-state index contributed by atoms with van der Waals surface area (Å²) >= 11 is 6.10. The summed E-state index contributed by atoms with van der Waals surface area (Å²) in [7, 11) is 0. The molecule has 1 aliphatic carbocycles. The number of halogens is 2. The van der Waals surface area contributed by atoms with Crippen LogP contribution in [-0.2, 0) is 0 Å². The van der Waals surface area contributed by atoms with Gasteiger partial charge in [0.15, 0.2) is 0 Å². The normalized spacial score (nSPS) is 14.6. The molecule has 0 aliphatic heterocycles. The summed E-state index contributed by atoms with van der Waals surface area (Å²) in [6.45, 7) is 0. The third-order valence-corrected chi connectivity index (χ3v) is 5.79. The molecule has 1 amide bonds. The Labute approximate surface area is 174 Å².